The summed E-state index contributed by atoms with van der Waals surface area (Å²) in [5.41, 5.74) is 4.17. The van der Waals surface area contributed by atoms with Gasteiger partial charge >= 0.3 is 0 Å². The predicted octanol–water partition coefficient (Wildman–Crippen LogP) is 4.15. The molecular formula is C19H31N3. The molecular weight excluding hydrogens is 270 g/mol. The summed E-state index contributed by atoms with van der Waals surface area (Å²) in [6.07, 6.45) is 5.05. The maximum atomic E-state index is 5.09. The van der Waals surface area contributed by atoms with E-state index < -0.39 is 0 Å². The minimum atomic E-state index is 0.00593. The SMILES string of the molecule is CC(C)(C)c1nc2c(c(C(C)(C)C)n1)CCN1CCCCC21. The molecule has 3 heteroatoms. The van der Waals surface area contributed by atoms with Crippen LogP contribution in [0.5, 0.6) is 0 Å². The molecule has 122 valence electrons. The standard InChI is InChI=1S/C19H31N3/c1-18(2,3)16-13-10-12-22-11-8-7-9-14(22)15(13)20-17(21-16)19(4,5)6/h14H,7-12H2,1-6H3. The van der Waals surface area contributed by atoms with Gasteiger partial charge in [0, 0.05) is 17.4 Å². The molecule has 1 saturated heterocycles. The van der Waals surface area contributed by atoms with Gasteiger partial charge in [-0.25, -0.2) is 9.97 Å². The average molecular weight is 301 g/mol. The van der Waals surface area contributed by atoms with Crippen LogP contribution in [0.25, 0.3) is 0 Å². The molecule has 2 aliphatic heterocycles. The van der Waals surface area contributed by atoms with E-state index in [9.17, 15) is 0 Å². The lowest BCUT2D eigenvalue weighted by Gasteiger charge is -2.41. The molecule has 1 atom stereocenters. The van der Waals surface area contributed by atoms with Crippen LogP contribution < -0.4 is 0 Å². The highest BCUT2D eigenvalue weighted by Crippen LogP contribution is 2.39. The topological polar surface area (TPSA) is 29.0 Å². The van der Waals surface area contributed by atoms with Crippen LogP contribution in [0.2, 0.25) is 0 Å². The molecule has 22 heavy (non-hydrogen) atoms. The lowest BCUT2D eigenvalue weighted by molar-refractivity contribution is 0.133. The van der Waals surface area contributed by atoms with E-state index >= 15 is 0 Å². The van der Waals surface area contributed by atoms with E-state index in [0.717, 1.165) is 12.2 Å². The summed E-state index contributed by atoms with van der Waals surface area (Å²) in [6.45, 7) is 16.0. The van der Waals surface area contributed by atoms with Crippen molar-refractivity contribution < 1.29 is 0 Å². The van der Waals surface area contributed by atoms with Crippen molar-refractivity contribution in [3.05, 3.63) is 22.8 Å². The Morgan fingerprint density at radius 1 is 0.909 bits per heavy atom. The van der Waals surface area contributed by atoms with Crippen LogP contribution in [0.4, 0.5) is 0 Å². The first kappa shape index (κ1) is 15.9. The van der Waals surface area contributed by atoms with E-state index in [1.54, 1.807) is 0 Å². The number of aromatic nitrogens is 2. The first-order valence-corrected chi connectivity index (χ1v) is 8.84. The molecule has 0 amide bonds. The minimum Gasteiger partial charge on any atom is -0.294 e. The fourth-order valence-electron chi connectivity index (χ4n) is 3.80. The zero-order valence-corrected chi connectivity index (χ0v) is 15.2. The quantitative estimate of drug-likeness (QED) is 0.720. The monoisotopic (exact) mass is 301 g/mol. The van der Waals surface area contributed by atoms with Crippen molar-refractivity contribution in [2.75, 3.05) is 13.1 Å². The van der Waals surface area contributed by atoms with Crippen molar-refractivity contribution in [2.45, 2.75) is 84.1 Å². The molecule has 3 nitrogen and oxygen atoms in total. The Bertz CT molecular complexity index is 563. The van der Waals surface area contributed by atoms with E-state index in [-0.39, 0.29) is 10.8 Å². The summed E-state index contributed by atoms with van der Waals surface area (Å²) in [7, 11) is 0. The number of hydrogen-bond acceptors (Lipinski definition) is 3. The lowest BCUT2D eigenvalue weighted by Crippen LogP contribution is -2.41. The van der Waals surface area contributed by atoms with Crippen LogP contribution in [-0.4, -0.2) is 28.0 Å². The number of rotatable bonds is 0. The number of piperidine rings is 1. The van der Waals surface area contributed by atoms with Crippen LogP contribution in [0.1, 0.15) is 89.6 Å². The molecule has 0 radical (unpaired) electrons. The largest absolute Gasteiger partial charge is 0.294 e. The van der Waals surface area contributed by atoms with Crippen molar-refractivity contribution in [3.8, 4) is 0 Å². The third-order valence-electron chi connectivity index (χ3n) is 5.00. The van der Waals surface area contributed by atoms with Crippen LogP contribution >= 0.6 is 0 Å². The zero-order chi connectivity index (χ0) is 16.1. The minimum absolute atomic E-state index is 0.00593. The van der Waals surface area contributed by atoms with E-state index in [4.69, 9.17) is 9.97 Å². The number of hydrogen-bond donors (Lipinski definition) is 0. The van der Waals surface area contributed by atoms with Crippen LogP contribution in [-0.2, 0) is 17.3 Å². The summed E-state index contributed by atoms with van der Waals surface area (Å²) in [5, 5.41) is 0. The van der Waals surface area contributed by atoms with E-state index in [2.05, 4.69) is 46.4 Å². The summed E-state index contributed by atoms with van der Waals surface area (Å²) in [5.74, 6) is 1.02. The van der Waals surface area contributed by atoms with Crippen LogP contribution in [0.15, 0.2) is 0 Å². The molecule has 3 rings (SSSR count). The number of fused-ring (bicyclic) bond motifs is 3. The smallest absolute Gasteiger partial charge is 0.134 e. The van der Waals surface area contributed by atoms with Crippen molar-refractivity contribution in [1.82, 2.24) is 14.9 Å². The van der Waals surface area contributed by atoms with Gasteiger partial charge in [-0.15, -0.1) is 0 Å². The normalized spacial score (nSPS) is 23.1. The van der Waals surface area contributed by atoms with Gasteiger partial charge in [-0.3, -0.25) is 4.90 Å². The zero-order valence-electron chi connectivity index (χ0n) is 15.2. The molecule has 0 N–H and O–H groups in total. The van der Waals surface area contributed by atoms with Gasteiger partial charge in [0.1, 0.15) is 5.82 Å². The van der Waals surface area contributed by atoms with Gasteiger partial charge in [0.2, 0.25) is 0 Å². The fourth-order valence-corrected chi connectivity index (χ4v) is 3.80. The third-order valence-corrected chi connectivity index (χ3v) is 5.00. The molecule has 0 bridgehead atoms. The van der Waals surface area contributed by atoms with Gasteiger partial charge in [-0.1, -0.05) is 48.0 Å². The molecule has 0 aliphatic carbocycles. The molecule has 0 saturated carbocycles. The maximum absolute atomic E-state index is 5.09. The van der Waals surface area contributed by atoms with E-state index in [1.165, 1.54) is 49.3 Å². The second-order valence-corrected chi connectivity index (χ2v) is 9.06. The van der Waals surface area contributed by atoms with Crippen molar-refractivity contribution in [1.29, 1.82) is 0 Å². The Hall–Kier alpha value is -0.960. The van der Waals surface area contributed by atoms with E-state index in [1.807, 2.05) is 0 Å². The Morgan fingerprint density at radius 2 is 1.64 bits per heavy atom. The summed E-state index contributed by atoms with van der Waals surface area (Å²) >= 11 is 0. The lowest BCUT2D eigenvalue weighted by atomic mass is 9.81. The Kier molecular flexibility index (Phi) is 3.83. The predicted molar refractivity (Wildman–Crippen MR) is 91.3 cm³/mol. The second kappa shape index (κ2) is 5.30. The van der Waals surface area contributed by atoms with E-state index in [0.29, 0.717) is 6.04 Å². The van der Waals surface area contributed by atoms with Gasteiger partial charge in [0.05, 0.1) is 17.4 Å². The van der Waals surface area contributed by atoms with Gasteiger partial charge in [-0.05, 0) is 31.4 Å². The maximum Gasteiger partial charge on any atom is 0.134 e. The fraction of sp³-hybridized carbons (Fsp3) is 0.789. The Morgan fingerprint density at radius 3 is 2.27 bits per heavy atom. The van der Waals surface area contributed by atoms with Crippen LogP contribution in [0, 0.1) is 0 Å². The highest BCUT2D eigenvalue weighted by molar-refractivity contribution is 5.36. The highest BCUT2D eigenvalue weighted by atomic mass is 15.2. The molecule has 0 spiro atoms. The second-order valence-electron chi connectivity index (χ2n) is 9.06. The molecule has 1 unspecified atom stereocenters. The Labute approximate surface area is 135 Å². The molecule has 1 fully saturated rings. The number of nitrogens with zero attached hydrogens (tertiary/aromatic N) is 3. The highest BCUT2D eigenvalue weighted by Gasteiger charge is 2.36. The first-order valence-electron chi connectivity index (χ1n) is 8.84. The molecule has 0 aromatic carbocycles. The molecule has 1 aromatic rings. The summed E-state index contributed by atoms with van der Waals surface area (Å²) in [4.78, 5) is 12.8. The van der Waals surface area contributed by atoms with Gasteiger partial charge in [0.25, 0.3) is 0 Å². The third kappa shape index (κ3) is 2.80. The van der Waals surface area contributed by atoms with Crippen LogP contribution in [0.3, 0.4) is 0 Å². The van der Waals surface area contributed by atoms with Crippen molar-refractivity contribution in [2.24, 2.45) is 0 Å². The molecule has 3 heterocycles. The van der Waals surface area contributed by atoms with Gasteiger partial charge in [0.15, 0.2) is 0 Å². The molecule has 1 aromatic heterocycles. The first-order chi connectivity index (χ1) is 10.2. The van der Waals surface area contributed by atoms with Crippen molar-refractivity contribution >= 4 is 0 Å². The Balaban J connectivity index is 2.17. The van der Waals surface area contributed by atoms with Gasteiger partial charge < -0.3 is 0 Å². The molecule has 2 aliphatic rings. The van der Waals surface area contributed by atoms with Gasteiger partial charge in [-0.2, -0.15) is 0 Å². The summed E-state index contributed by atoms with van der Waals surface area (Å²) < 4.78 is 0. The summed E-state index contributed by atoms with van der Waals surface area (Å²) in [6, 6.07) is 0.530. The van der Waals surface area contributed by atoms with Crippen molar-refractivity contribution in [3.63, 3.8) is 0 Å². The average Bonchev–Trinajstić information content (AvgIpc) is 2.44.